The van der Waals surface area contributed by atoms with Crippen LogP contribution in [0.4, 0.5) is 0 Å². The lowest BCUT2D eigenvalue weighted by Crippen LogP contribution is -2.30. The van der Waals surface area contributed by atoms with Crippen LogP contribution in [0.5, 0.6) is 0 Å². The number of fused-ring (bicyclic) bond motifs is 1. The van der Waals surface area contributed by atoms with Gasteiger partial charge in [0.15, 0.2) is 0 Å². The Bertz CT molecular complexity index is 1420. The molecule has 0 saturated carbocycles. The summed E-state index contributed by atoms with van der Waals surface area (Å²) in [7, 11) is 0. The van der Waals surface area contributed by atoms with Gasteiger partial charge >= 0.3 is 0 Å². The van der Waals surface area contributed by atoms with Gasteiger partial charge < -0.3 is 0 Å². The summed E-state index contributed by atoms with van der Waals surface area (Å²) >= 11 is 8.95. The van der Waals surface area contributed by atoms with Gasteiger partial charge in [-0.05, 0) is 82.6 Å². The predicted molar refractivity (Wildman–Crippen MR) is 183 cm³/mol. The topological polar surface area (TPSA) is 25.8 Å². The average molecular weight is 633 g/mol. The monoisotopic (exact) mass is 632 g/mol. The highest BCUT2D eigenvalue weighted by Gasteiger charge is 2.39. The molecule has 5 aromatic heterocycles. The molecule has 2 nitrogen and oxygen atoms in total. The zero-order chi connectivity index (χ0) is 28.1. The van der Waals surface area contributed by atoms with E-state index in [-0.39, 0.29) is 10.8 Å². The Morgan fingerprint density at radius 1 is 0.537 bits per heavy atom. The highest BCUT2D eigenvalue weighted by molar-refractivity contribution is 7.12. The third-order valence-corrected chi connectivity index (χ3v) is 13.3. The smallest absolute Gasteiger partial charge is 0.108 e. The van der Waals surface area contributed by atoms with Crippen LogP contribution in [-0.4, -0.2) is 8.75 Å². The number of benzene rings is 1. The number of hydrogen-bond acceptors (Lipinski definition) is 7. The maximum absolute atomic E-state index is 4.97. The van der Waals surface area contributed by atoms with Gasteiger partial charge in [0.2, 0.25) is 0 Å². The third kappa shape index (κ3) is 5.64. The van der Waals surface area contributed by atoms with Crippen LogP contribution in [0.1, 0.15) is 83.0 Å². The highest BCUT2D eigenvalue weighted by atomic mass is 32.1. The molecular weight excluding hydrogens is 597 g/mol. The number of nitrogens with zero attached hydrogens (tertiary/aromatic N) is 2. The first kappa shape index (κ1) is 28.9. The van der Waals surface area contributed by atoms with Crippen LogP contribution in [0.25, 0.3) is 11.0 Å². The molecule has 0 aliphatic heterocycles. The second-order valence-electron chi connectivity index (χ2n) is 11.0. The summed E-state index contributed by atoms with van der Waals surface area (Å²) in [5.74, 6) is 0. The lowest BCUT2D eigenvalue weighted by molar-refractivity contribution is 0.463. The van der Waals surface area contributed by atoms with Crippen molar-refractivity contribution in [1.29, 1.82) is 0 Å². The molecule has 0 fully saturated rings. The Morgan fingerprint density at radius 3 is 1.20 bits per heavy atom. The Kier molecular flexibility index (Phi) is 9.18. The Hall–Kier alpha value is -2.16. The van der Waals surface area contributed by atoms with E-state index in [9.17, 15) is 0 Å². The minimum absolute atomic E-state index is 0.0325. The summed E-state index contributed by atoms with van der Waals surface area (Å²) in [6.07, 6.45) is 8.97. The van der Waals surface area contributed by atoms with E-state index in [1.54, 1.807) is 0 Å². The van der Waals surface area contributed by atoms with Gasteiger partial charge in [-0.2, -0.15) is 8.75 Å². The van der Waals surface area contributed by atoms with Crippen molar-refractivity contribution in [2.24, 2.45) is 0 Å². The predicted octanol–water partition coefficient (Wildman–Crippen LogP) is 11.4. The number of thiophene rings is 4. The number of hydrogen-bond donors (Lipinski definition) is 0. The van der Waals surface area contributed by atoms with Crippen LogP contribution in [0, 0.1) is 0 Å². The molecule has 212 valence electrons. The largest absolute Gasteiger partial charge is 0.173 e. The van der Waals surface area contributed by atoms with E-state index in [2.05, 4.69) is 96.0 Å². The van der Waals surface area contributed by atoms with Gasteiger partial charge in [0.25, 0.3) is 0 Å². The third-order valence-electron chi connectivity index (χ3n) is 8.45. The molecule has 0 aliphatic carbocycles. The van der Waals surface area contributed by atoms with Crippen molar-refractivity contribution in [2.75, 3.05) is 0 Å². The number of unbranched alkanes of at least 4 members (excludes halogenated alkanes) is 2. The quantitative estimate of drug-likeness (QED) is 0.119. The summed E-state index contributed by atoms with van der Waals surface area (Å²) in [5.41, 5.74) is 4.78. The molecule has 41 heavy (non-hydrogen) atoms. The molecule has 6 aromatic rings. The van der Waals surface area contributed by atoms with Gasteiger partial charge in [-0.1, -0.05) is 75.9 Å². The van der Waals surface area contributed by atoms with Gasteiger partial charge in [-0.3, -0.25) is 0 Å². The molecule has 0 spiro atoms. The molecule has 0 bridgehead atoms. The van der Waals surface area contributed by atoms with Gasteiger partial charge in [-0.15, -0.1) is 45.3 Å². The zero-order valence-corrected chi connectivity index (χ0v) is 27.8. The van der Waals surface area contributed by atoms with Crippen LogP contribution in [0.15, 0.2) is 82.2 Å². The molecule has 1 aromatic carbocycles. The van der Waals surface area contributed by atoms with E-state index in [1.165, 1.54) is 68.0 Å². The van der Waals surface area contributed by atoms with E-state index < -0.39 is 0 Å². The number of rotatable bonds is 14. The summed E-state index contributed by atoms with van der Waals surface area (Å²) < 4.78 is 9.93. The molecule has 0 N–H and O–H groups in total. The summed E-state index contributed by atoms with van der Waals surface area (Å²) in [5, 5.41) is 8.94. The van der Waals surface area contributed by atoms with Gasteiger partial charge in [-0.25, -0.2) is 0 Å². The standard InChI is InChI=1S/C34H36N2S5/c1-3-5-17-33(27-11-7-19-37-27,28-12-8-20-38-28)23-25-15-16-26(32-31(25)35-41-36-32)24-34(18-6-4-2,29-13-9-21-39-29)30-14-10-22-40-30/h7-16,19-22H,3-6,17-18,23-24H2,1-2H3. The lowest BCUT2D eigenvalue weighted by atomic mass is 9.73. The van der Waals surface area contributed by atoms with E-state index in [0.29, 0.717) is 0 Å². The fraction of sp³-hybridized carbons (Fsp3) is 0.353. The molecule has 0 aliphatic rings. The first-order valence-electron chi connectivity index (χ1n) is 14.6. The van der Waals surface area contributed by atoms with E-state index in [4.69, 9.17) is 8.75 Å². The number of aromatic nitrogens is 2. The minimum atomic E-state index is -0.0325. The van der Waals surface area contributed by atoms with Crippen molar-refractivity contribution in [3.63, 3.8) is 0 Å². The second-order valence-corrected chi connectivity index (χ2v) is 15.3. The van der Waals surface area contributed by atoms with E-state index >= 15 is 0 Å². The first-order valence-corrected chi connectivity index (χ1v) is 18.8. The molecule has 0 saturated heterocycles. The van der Waals surface area contributed by atoms with Gasteiger partial charge in [0, 0.05) is 30.3 Å². The molecule has 0 atom stereocenters. The molecule has 0 amide bonds. The normalized spacial score (nSPS) is 12.4. The highest BCUT2D eigenvalue weighted by Crippen LogP contribution is 2.47. The summed E-state index contributed by atoms with van der Waals surface area (Å²) in [6, 6.07) is 23.0. The first-order chi connectivity index (χ1) is 20.2. The lowest BCUT2D eigenvalue weighted by Gasteiger charge is -2.34. The van der Waals surface area contributed by atoms with Crippen LogP contribution in [0.2, 0.25) is 0 Å². The van der Waals surface area contributed by atoms with Crippen molar-refractivity contribution < 1.29 is 0 Å². The molecule has 7 heteroatoms. The van der Waals surface area contributed by atoms with Gasteiger partial charge in [0.05, 0.1) is 11.7 Å². The van der Waals surface area contributed by atoms with Crippen molar-refractivity contribution in [1.82, 2.24) is 8.75 Å². The Balaban J connectivity index is 1.44. The van der Waals surface area contributed by atoms with Crippen molar-refractivity contribution in [3.05, 3.63) is 113 Å². The van der Waals surface area contributed by atoms with Crippen LogP contribution < -0.4 is 0 Å². The SMILES string of the molecule is CCCCC(Cc1ccc(CC(CCCC)(c2cccs2)c2cccs2)c2nsnc12)(c1cccs1)c1cccs1. The fourth-order valence-electron chi connectivity index (χ4n) is 6.33. The maximum atomic E-state index is 4.97. The van der Waals surface area contributed by atoms with Crippen LogP contribution in [0.3, 0.4) is 0 Å². The van der Waals surface area contributed by atoms with Crippen molar-refractivity contribution in [3.8, 4) is 0 Å². The van der Waals surface area contributed by atoms with Crippen LogP contribution >= 0.6 is 57.1 Å². The molecule has 0 unspecified atom stereocenters. The Labute approximate surface area is 264 Å². The average Bonchev–Trinajstić information content (AvgIpc) is 3.84. The molecule has 6 rings (SSSR count). The van der Waals surface area contributed by atoms with Crippen molar-refractivity contribution >= 4 is 68.1 Å². The van der Waals surface area contributed by atoms with Gasteiger partial charge in [0.1, 0.15) is 11.0 Å². The van der Waals surface area contributed by atoms with Crippen molar-refractivity contribution in [2.45, 2.75) is 76.0 Å². The Morgan fingerprint density at radius 2 is 0.902 bits per heavy atom. The zero-order valence-electron chi connectivity index (χ0n) is 23.7. The fourth-order valence-corrected chi connectivity index (χ4v) is 10.9. The van der Waals surface area contributed by atoms with Crippen LogP contribution in [-0.2, 0) is 23.7 Å². The molecule has 5 heterocycles. The van der Waals surface area contributed by atoms with E-state index in [0.717, 1.165) is 36.7 Å². The summed E-state index contributed by atoms with van der Waals surface area (Å²) in [6.45, 7) is 4.61. The molecule has 0 radical (unpaired) electrons. The van der Waals surface area contributed by atoms with E-state index in [1.807, 2.05) is 45.3 Å². The second kappa shape index (κ2) is 13.0. The molecular formula is C34H36N2S5. The maximum Gasteiger partial charge on any atom is 0.108 e. The summed E-state index contributed by atoms with van der Waals surface area (Å²) in [4.78, 5) is 5.84. The minimum Gasteiger partial charge on any atom is -0.173 e.